The lowest BCUT2D eigenvalue weighted by Crippen LogP contribution is -2.42. The molecule has 3 rings (SSSR count). The zero-order valence-corrected chi connectivity index (χ0v) is 16.6. The van der Waals surface area contributed by atoms with Gasteiger partial charge in [0.25, 0.3) is 11.1 Å². The number of amides is 2. The standard InChI is InChI=1S/C20H17NO7S/c1-10-4-5-12(18(23)24)8-14(10)15-7-6-13(28-15)9-16-17(22)21(20(26)29-16)11(2)19(25)27-3/h4-9,11H,1-3H3,(H,23,24)/p-1/b16-9+/t11-/m0/s1. The molecule has 8 nitrogen and oxygen atoms in total. The first-order chi connectivity index (χ1) is 13.7. The number of hydrogen-bond donors (Lipinski definition) is 0. The summed E-state index contributed by atoms with van der Waals surface area (Å²) in [7, 11) is 1.18. The lowest BCUT2D eigenvalue weighted by molar-refractivity contribution is -0.255. The number of aromatic carboxylic acids is 1. The third kappa shape index (κ3) is 3.95. The summed E-state index contributed by atoms with van der Waals surface area (Å²) in [6, 6.07) is 6.71. The Morgan fingerprint density at radius 1 is 1.24 bits per heavy atom. The summed E-state index contributed by atoms with van der Waals surface area (Å²) < 4.78 is 10.3. The molecule has 1 aliphatic heterocycles. The molecule has 2 aromatic rings. The van der Waals surface area contributed by atoms with E-state index >= 15 is 0 Å². The van der Waals surface area contributed by atoms with Crippen molar-refractivity contribution in [2.24, 2.45) is 0 Å². The first-order valence-electron chi connectivity index (χ1n) is 8.50. The Kier molecular flexibility index (Phi) is 5.60. The second-order valence-corrected chi connectivity index (χ2v) is 7.26. The van der Waals surface area contributed by atoms with Gasteiger partial charge in [0.15, 0.2) is 0 Å². The van der Waals surface area contributed by atoms with Gasteiger partial charge in [-0.05, 0) is 54.9 Å². The van der Waals surface area contributed by atoms with Gasteiger partial charge in [-0.25, -0.2) is 4.79 Å². The van der Waals surface area contributed by atoms with Crippen LogP contribution < -0.4 is 5.11 Å². The normalized spacial score (nSPS) is 16.4. The van der Waals surface area contributed by atoms with Crippen LogP contribution in [0.25, 0.3) is 17.4 Å². The Bertz CT molecular complexity index is 1050. The van der Waals surface area contributed by atoms with Crippen LogP contribution in [0, 0.1) is 6.92 Å². The van der Waals surface area contributed by atoms with Gasteiger partial charge in [0, 0.05) is 11.6 Å². The number of aryl methyl sites for hydroxylation is 1. The fourth-order valence-electron chi connectivity index (χ4n) is 2.81. The van der Waals surface area contributed by atoms with Gasteiger partial charge in [0.2, 0.25) is 0 Å². The fourth-order valence-corrected chi connectivity index (χ4v) is 3.70. The molecule has 1 atom stereocenters. The SMILES string of the molecule is COC(=O)[C@H](C)N1C(=O)S/C(=C/c2ccc(-c3cc(C(=O)[O-])ccc3C)o2)C1=O. The van der Waals surface area contributed by atoms with E-state index in [0.29, 0.717) is 28.8 Å². The van der Waals surface area contributed by atoms with E-state index in [1.807, 2.05) is 0 Å². The molecule has 1 aliphatic rings. The number of nitrogens with zero attached hydrogens (tertiary/aromatic N) is 1. The molecular weight excluding hydrogens is 398 g/mol. The summed E-state index contributed by atoms with van der Waals surface area (Å²) in [5.41, 5.74) is 1.38. The number of rotatable bonds is 5. The predicted octanol–water partition coefficient (Wildman–Crippen LogP) is 2.22. The van der Waals surface area contributed by atoms with Crippen molar-refractivity contribution >= 4 is 40.9 Å². The Hall–Kier alpha value is -3.33. The summed E-state index contributed by atoms with van der Waals surface area (Å²) in [5, 5.41) is 10.5. The summed E-state index contributed by atoms with van der Waals surface area (Å²) in [4.78, 5) is 48.4. The summed E-state index contributed by atoms with van der Waals surface area (Å²) in [6.45, 7) is 3.21. The highest BCUT2D eigenvalue weighted by Gasteiger charge is 2.41. The van der Waals surface area contributed by atoms with Crippen molar-refractivity contribution in [1.82, 2.24) is 4.90 Å². The fraction of sp³-hybridized carbons (Fsp3) is 0.200. The van der Waals surface area contributed by atoms with Crippen molar-refractivity contribution in [2.45, 2.75) is 19.9 Å². The number of carboxylic acid groups (broad SMARTS) is 1. The monoisotopic (exact) mass is 414 g/mol. The lowest BCUT2D eigenvalue weighted by atomic mass is 10.0. The van der Waals surface area contributed by atoms with Crippen molar-refractivity contribution < 1.29 is 33.4 Å². The molecule has 0 spiro atoms. The molecule has 1 fully saturated rings. The zero-order chi connectivity index (χ0) is 21.3. The van der Waals surface area contributed by atoms with Crippen molar-refractivity contribution in [3.05, 3.63) is 52.1 Å². The van der Waals surface area contributed by atoms with Gasteiger partial charge < -0.3 is 19.1 Å². The highest BCUT2D eigenvalue weighted by atomic mass is 32.2. The van der Waals surface area contributed by atoms with Crippen LogP contribution in [-0.4, -0.2) is 41.1 Å². The second kappa shape index (κ2) is 7.96. The van der Waals surface area contributed by atoms with E-state index in [0.717, 1.165) is 10.5 Å². The van der Waals surface area contributed by atoms with E-state index in [-0.39, 0.29) is 10.5 Å². The highest BCUT2D eigenvalue weighted by Crippen LogP contribution is 2.35. The number of carbonyl (C=O) groups is 4. The van der Waals surface area contributed by atoms with Gasteiger partial charge in [0.1, 0.15) is 17.6 Å². The van der Waals surface area contributed by atoms with Crippen LogP contribution in [0.2, 0.25) is 0 Å². The van der Waals surface area contributed by atoms with E-state index in [4.69, 9.17) is 4.42 Å². The van der Waals surface area contributed by atoms with Gasteiger partial charge >= 0.3 is 5.97 Å². The van der Waals surface area contributed by atoms with Crippen LogP contribution in [0.1, 0.15) is 28.6 Å². The molecular formula is C20H16NO7S-. The summed E-state index contributed by atoms with van der Waals surface area (Å²) in [5.74, 6) is -1.91. The summed E-state index contributed by atoms with van der Waals surface area (Å²) >= 11 is 0.692. The molecule has 150 valence electrons. The minimum atomic E-state index is -1.30. The molecule has 1 aromatic heterocycles. The van der Waals surface area contributed by atoms with Crippen LogP contribution >= 0.6 is 11.8 Å². The third-order valence-electron chi connectivity index (χ3n) is 4.39. The first-order valence-corrected chi connectivity index (χ1v) is 9.31. The highest BCUT2D eigenvalue weighted by molar-refractivity contribution is 8.18. The molecule has 29 heavy (non-hydrogen) atoms. The van der Waals surface area contributed by atoms with Crippen molar-refractivity contribution in [2.75, 3.05) is 7.11 Å². The van der Waals surface area contributed by atoms with E-state index in [9.17, 15) is 24.3 Å². The van der Waals surface area contributed by atoms with Gasteiger partial charge in [0.05, 0.1) is 18.0 Å². The number of imide groups is 1. The number of carbonyl (C=O) groups excluding carboxylic acids is 4. The van der Waals surface area contributed by atoms with Gasteiger partial charge in [-0.1, -0.05) is 12.1 Å². The van der Waals surface area contributed by atoms with E-state index < -0.39 is 29.1 Å². The number of furan rings is 1. The van der Waals surface area contributed by atoms with E-state index in [2.05, 4.69) is 4.74 Å². The Balaban J connectivity index is 1.89. The molecule has 0 N–H and O–H groups in total. The Morgan fingerprint density at radius 3 is 2.62 bits per heavy atom. The molecule has 0 bridgehead atoms. The average molecular weight is 414 g/mol. The number of methoxy groups -OCH3 is 1. The minimum absolute atomic E-state index is 0.0152. The maximum absolute atomic E-state index is 12.5. The van der Waals surface area contributed by atoms with E-state index in [1.54, 1.807) is 25.1 Å². The van der Waals surface area contributed by atoms with Crippen molar-refractivity contribution in [3.8, 4) is 11.3 Å². The Labute approximate surface area is 170 Å². The number of ether oxygens (including phenoxy) is 1. The molecule has 0 aliphatic carbocycles. The lowest BCUT2D eigenvalue weighted by Gasteiger charge is -2.18. The smallest absolute Gasteiger partial charge is 0.328 e. The van der Waals surface area contributed by atoms with Crippen LogP contribution in [0.15, 0.2) is 39.7 Å². The number of benzene rings is 1. The van der Waals surface area contributed by atoms with Gasteiger partial charge in [-0.3, -0.25) is 14.5 Å². The topological polar surface area (TPSA) is 117 Å². The van der Waals surface area contributed by atoms with Crippen LogP contribution in [-0.2, 0) is 14.3 Å². The molecule has 1 saturated heterocycles. The predicted molar refractivity (Wildman–Crippen MR) is 102 cm³/mol. The minimum Gasteiger partial charge on any atom is -0.545 e. The van der Waals surface area contributed by atoms with Crippen LogP contribution in [0.4, 0.5) is 4.79 Å². The quantitative estimate of drug-likeness (QED) is 0.540. The molecule has 0 unspecified atom stereocenters. The molecule has 2 amide bonds. The summed E-state index contributed by atoms with van der Waals surface area (Å²) in [6.07, 6.45) is 1.40. The Morgan fingerprint density at radius 2 is 1.97 bits per heavy atom. The second-order valence-electron chi connectivity index (χ2n) is 6.27. The van der Waals surface area contributed by atoms with Crippen LogP contribution in [0.5, 0.6) is 0 Å². The van der Waals surface area contributed by atoms with E-state index in [1.165, 1.54) is 32.2 Å². The molecule has 2 heterocycles. The third-order valence-corrected chi connectivity index (χ3v) is 5.28. The van der Waals surface area contributed by atoms with Crippen LogP contribution in [0.3, 0.4) is 0 Å². The largest absolute Gasteiger partial charge is 0.545 e. The maximum Gasteiger partial charge on any atom is 0.328 e. The molecule has 0 radical (unpaired) electrons. The number of carboxylic acids is 1. The zero-order valence-electron chi connectivity index (χ0n) is 15.8. The first kappa shape index (κ1) is 20.4. The number of esters is 1. The number of thioether (sulfide) groups is 1. The van der Waals surface area contributed by atoms with Gasteiger partial charge in [-0.15, -0.1) is 0 Å². The molecule has 9 heteroatoms. The van der Waals surface area contributed by atoms with Crippen molar-refractivity contribution in [1.29, 1.82) is 0 Å². The van der Waals surface area contributed by atoms with Gasteiger partial charge in [-0.2, -0.15) is 0 Å². The maximum atomic E-state index is 12.5. The molecule has 0 saturated carbocycles. The average Bonchev–Trinajstić information content (AvgIpc) is 3.25. The van der Waals surface area contributed by atoms with Crippen molar-refractivity contribution in [3.63, 3.8) is 0 Å². The molecule has 1 aromatic carbocycles. The number of hydrogen-bond acceptors (Lipinski definition) is 8.